The van der Waals surface area contributed by atoms with E-state index in [1.54, 1.807) is 24.3 Å². The van der Waals surface area contributed by atoms with Crippen LogP contribution in [0.2, 0.25) is 0 Å². The molecule has 0 bridgehead atoms. The Morgan fingerprint density at radius 2 is 1.50 bits per heavy atom. The fourth-order valence-corrected chi connectivity index (χ4v) is 1.72. The van der Waals surface area contributed by atoms with Crippen molar-refractivity contribution < 1.29 is 22.6 Å². The SMILES string of the molecule is COc1ccc(C(=S)Oc2cc(F)c(F)c(F)c2)cc1. The quantitative estimate of drug-likeness (QED) is 0.633. The normalized spacial score (nSPS) is 10.2. The van der Waals surface area contributed by atoms with Gasteiger partial charge in [0.1, 0.15) is 11.5 Å². The van der Waals surface area contributed by atoms with Crippen LogP contribution in [0.5, 0.6) is 11.5 Å². The second kappa shape index (κ2) is 5.92. The van der Waals surface area contributed by atoms with Gasteiger partial charge in [-0.2, -0.15) is 0 Å². The van der Waals surface area contributed by atoms with Crippen molar-refractivity contribution in [1.29, 1.82) is 0 Å². The molecule has 2 aromatic carbocycles. The third-order valence-corrected chi connectivity index (χ3v) is 2.81. The van der Waals surface area contributed by atoms with Crippen LogP contribution < -0.4 is 9.47 Å². The molecule has 0 N–H and O–H groups in total. The molecule has 0 atom stereocenters. The van der Waals surface area contributed by atoms with E-state index >= 15 is 0 Å². The molecule has 0 amide bonds. The average Bonchev–Trinajstić information content (AvgIpc) is 2.44. The van der Waals surface area contributed by atoms with Crippen LogP contribution in [0.4, 0.5) is 13.2 Å². The highest BCUT2D eigenvalue weighted by molar-refractivity contribution is 7.80. The van der Waals surface area contributed by atoms with E-state index in [1.807, 2.05) is 0 Å². The van der Waals surface area contributed by atoms with E-state index in [9.17, 15) is 13.2 Å². The van der Waals surface area contributed by atoms with Crippen molar-refractivity contribution in [1.82, 2.24) is 0 Å². The minimum atomic E-state index is -1.55. The summed E-state index contributed by atoms with van der Waals surface area (Å²) in [5.41, 5.74) is 0.533. The Kier molecular flexibility index (Phi) is 4.24. The minimum Gasteiger partial charge on any atom is -0.497 e. The van der Waals surface area contributed by atoms with Crippen LogP contribution in [0, 0.1) is 17.5 Å². The van der Waals surface area contributed by atoms with Crippen LogP contribution in [0.25, 0.3) is 0 Å². The molecule has 0 saturated heterocycles. The van der Waals surface area contributed by atoms with Gasteiger partial charge in [-0.25, -0.2) is 13.2 Å². The molecule has 104 valence electrons. The van der Waals surface area contributed by atoms with Gasteiger partial charge in [-0.3, -0.25) is 0 Å². The molecule has 0 saturated carbocycles. The maximum atomic E-state index is 13.0. The summed E-state index contributed by atoms with van der Waals surface area (Å²) < 4.78 is 49.0. The van der Waals surface area contributed by atoms with Crippen LogP contribution in [-0.4, -0.2) is 12.2 Å². The molecular formula is C14H9F3O2S. The lowest BCUT2D eigenvalue weighted by Crippen LogP contribution is -2.08. The topological polar surface area (TPSA) is 18.5 Å². The molecule has 0 unspecified atom stereocenters. The second-order valence-electron chi connectivity index (χ2n) is 3.82. The lowest BCUT2D eigenvalue weighted by Gasteiger charge is -2.08. The Morgan fingerprint density at radius 3 is 2.00 bits per heavy atom. The number of benzene rings is 2. The number of hydrogen-bond acceptors (Lipinski definition) is 3. The second-order valence-corrected chi connectivity index (χ2v) is 4.19. The van der Waals surface area contributed by atoms with E-state index in [0.29, 0.717) is 11.3 Å². The van der Waals surface area contributed by atoms with Gasteiger partial charge >= 0.3 is 0 Å². The molecule has 0 fully saturated rings. The van der Waals surface area contributed by atoms with Gasteiger partial charge in [0.15, 0.2) is 22.5 Å². The maximum absolute atomic E-state index is 13.0. The van der Waals surface area contributed by atoms with Crippen molar-refractivity contribution in [3.05, 3.63) is 59.4 Å². The fraction of sp³-hybridized carbons (Fsp3) is 0.0714. The van der Waals surface area contributed by atoms with E-state index in [0.717, 1.165) is 12.1 Å². The fourth-order valence-electron chi connectivity index (χ4n) is 1.48. The van der Waals surface area contributed by atoms with Gasteiger partial charge in [-0.05, 0) is 36.5 Å². The van der Waals surface area contributed by atoms with Crippen LogP contribution >= 0.6 is 12.2 Å². The van der Waals surface area contributed by atoms with Gasteiger partial charge in [0.25, 0.3) is 0 Å². The van der Waals surface area contributed by atoms with Gasteiger partial charge in [0.2, 0.25) is 0 Å². The molecule has 0 aliphatic carbocycles. The number of rotatable bonds is 3. The van der Waals surface area contributed by atoms with E-state index < -0.39 is 17.5 Å². The Labute approximate surface area is 118 Å². The van der Waals surface area contributed by atoms with E-state index in [4.69, 9.17) is 21.7 Å². The summed E-state index contributed by atoms with van der Waals surface area (Å²) in [6.45, 7) is 0. The van der Waals surface area contributed by atoms with E-state index in [2.05, 4.69) is 0 Å². The van der Waals surface area contributed by atoms with Crippen molar-refractivity contribution in [2.45, 2.75) is 0 Å². The zero-order chi connectivity index (χ0) is 14.7. The van der Waals surface area contributed by atoms with Crippen LogP contribution in [0.1, 0.15) is 5.56 Å². The van der Waals surface area contributed by atoms with Gasteiger partial charge in [0, 0.05) is 17.7 Å². The number of halogens is 3. The lowest BCUT2D eigenvalue weighted by atomic mass is 10.2. The molecule has 2 rings (SSSR count). The molecule has 0 heterocycles. The van der Waals surface area contributed by atoms with Crippen LogP contribution in [0.3, 0.4) is 0 Å². The molecule has 0 aromatic heterocycles. The minimum absolute atomic E-state index is 0.0121. The molecule has 20 heavy (non-hydrogen) atoms. The zero-order valence-corrected chi connectivity index (χ0v) is 11.1. The number of hydrogen-bond donors (Lipinski definition) is 0. The summed E-state index contributed by atoms with van der Waals surface area (Å²) in [5.74, 6) is -3.79. The van der Waals surface area contributed by atoms with Crippen molar-refractivity contribution in [2.75, 3.05) is 7.11 Å². The molecule has 2 nitrogen and oxygen atoms in total. The number of ether oxygens (including phenoxy) is 2. The van der Waals surface area contributed by atoms with Crippen LogP contribution in [-0.2, 0) is 0 Å². The highest BCUT2D eigenvalue weighted by atomic mass is 32.1. The Balaban J connectivity index is 2.18. The summed E-state index contributed by atoms with van der Waals surface area (Å²) >= 11 is 5.00. The molecule has 0 radical (unpaired) electrons. The van der Waals surface area contributed by atoms with Gasteiger partial charge < -0.3 is 9.47 Å². The summed E-state index contributed by atoms with van der Waals surface area (Å²) in [6.07, 6.45) is 0. The average molecular weight is 298 g/mol. The first kappa shape index (κ1) is 14.3. The summed E-state index contributed by atoms with van der Waals surface area (Å²) in [6, 6.07) is 8.06. The third-order valence-electron chi connectivity index (χ3n) is 2.49. The van der Waals surface area contributed by atoms with Gasteiger partial charge in [-0.1, -0.05) is 0 Å². The monoisotopic (exact) mass is 298 g/mol. The highest BCUT2D eigenvalue weighted by Gasteiger charge is 2.13. The lowest BCUT2D eigenvalue weighted by molar-refractivity contribution is 0.414. The predicted molar refractivity (Wildman–Crippen MR) is 71.6 cm³/mol. The largest absolute Gasteiger partial charge is 0.497 e. The molecule has 2 aromatic rings. The highest BCUT2D eigenvalue weighted by Crippen LogP contribution is 2.21. The Morgan fingerprint density at radius 1 is 0.950 bits per heavy atom. The molecular weight excluding hydrogens is 289 g/mol. The van der Waals surface area contributed by atoms with Crippen molar-refractivity contribution in [2.24, 2.45) is 0 Å². The smallest absolute Gasteiger partial charge is 0.198 e. The first-order valence-electron chi connectivity index (χ1n) is 5.52. The molecule has 0 aliphatic rings. The standard InChI is InChI=1S/C14H9F3O2S/c1-18-9-4-2-8(3-5-9)14(20)19-10-6-11(15)13(17)12(16)7-10/h2-7H,1H3. The third kappa shape index (κ3) is 3.08. The molecule has 6 heteroatoms. The van der Waals surface area contributed by atoms with E-state index in [-0.39, 0.29) is 10.8 Å². The van der Waals surface area contributed by atoms with Gasteiger partial charge in [0.05, 0.1) is 7.11 Å². The first-order valence-corrected chi connectivity index (χ1v) is 5.93. The Bertz CT molecular complexity index is 618. The summed E-state index contributed by atoms with van der Waals surface area (Å²) in [4.78, 5) is 0. The zero-order valence-electron chi connectivity index (χ0n) is 10.3. The van der Waals surface area contributed by atoms with Crippen molar-refractivity contribution >= 4 is 17.3 Å². The number of methoxy groups -OCH3 is 1. The summed E-state index contributed by atoms with van der Waals surface area (Å²) in [7, 11) is 1.52. The summed E-state index contributed by atoms with van der Waals surface area (Å²) in [5, 5.41) is 0.0121. The predicted octanol–water partition coefficient (Wildman–Crippen LogP) is 3.87. The molecule has 0 spiro atoms. The van der Waals surface area contributed by atoms with Gasteiger partial charge in [-0.15, -0.1) is 0 Å². The van der Waals surface area contributed by atoms with Crippen molar-refractivity contribution in [3.63, 3.8) is 0 Å². The number of thiocarbonyl (C=S) groups is 1. The molecule has 0 aliphatic heterocycles. The van der Waals surface area contributed by atoms with E-state index in [1.165, 1.54) is 7.11 Å². The maximum Gasteiger partial charge on any atom is 0.198 e. The van der Waals surface area contributed by atoms with Crippen LogP contribution in [0.15, 0.2) is 36.4 Å². The Hall–Kier alpha value is -2.08. The van der Waals surface area contributed by atoms with Crippen molar-refractivity contribution in [3.8, 4) is 11.5 Å². The first-order chi connectivity index (χ1) is 9.51.